The van der Waals surface area contributed by atoms with Crippen molar-refractivity contribution in [1.29, 1.82) is 0 Å². The van der Waals surface area contributed by atoms with Crippen molar-refractivity contribution in [2.75, 3.05) is 61.6 Å². The summed E-state index contributed by atoms with van der Waals surface area (Å²) in [5.74, 6) is 1.38. The Balaban J connectivity index is 1.34. The third-order valence-corrected chi connectivity index (χ3v) is 6.79. The Morgan fingerprint density at radius 3 is 2.94 bits per heavy atom. The smallest absolute Gasteiger partial charge is 0.253 e. The van der Waals surface area contributed by atoms with Crippen molar-refractivity contribution >= 4 is 39.3 Å². The van der Waals surface area contributed by atoms with Gasteiger partial charge in [-0.05, 0) is 37.6 Å². The van der Waals surface area contributed by atoms with Crippen molar-refractivity contribution in [3.05, 3.63) is 40.0 Å². The molecule has 1 fully saturated rings. The van der Waals surface area contributed by atoms with Crippen molar-refractivity contribution < 1.29 is 9.53 Å². The van der Waals surface area contributed by atoms with Gasteiger partial charge < -0.3 is 15.4 Å². The summed E-state index contributed by atoms with van der Waals surface area (Å²) in [4.78, 5) is 24.9. The highest BCUT2D eigenvalue weighted by molar-refractivity contribution is 9.10. The maximum absolute atomic E-state index is 13.1. The Morgan fingerprint density at radius 2 is 2.12 bits per heavy atom. The number of hydrogen-bond donors (Lipinski definition) is 2. The number of anilines is 3. The van der Waals surface area contributed by atoms with Gasteiger partial charge >= 0.3 is 0 Å². The van der Waals surface area contributed by atoms with Crippen LogP contribution in [0.15, 0.2) is 28.9 Å². The van der Waals surface area contributed by atoms with E-state index in [4.69, 9.17) is 9.72 Å². The number of nitrogens with one attached hydrogen (secondary N) is 2. The van der Waals surface area contributed by atoms with Gasteiger partial charge in [0.05, 0.1) is 13.2 Å². The summed E-state index contributed by atoms with van der Waals surface area (Å²) in [6.45, 7) is 9.16. The second-order valence-corrected chi connectivity index (χ2v) is 9.55. The van der Waals surface area contributed by atoms with E-state index in [9.17, 15) is 4.79 Å². The molecule has 1 aromatic carbocycles. The van der Waals surface area contributed by atoms with Crippen LogP contribution in [0.5, 0.6) is 0 Å². The molecule has 0 radical (unpaired) electrons. The van der Waals surface area contributed by atoms with E-state index in [-0.39, 0.29) is 5.91 Å². The van der Waals surface area contributed by atoms with Crippen LogP contribution in [-0.2, 0) is 16.1 Å². The number of rotatable bonds is 8. The molecule has 2 N–H and O–H groups in total. The van der Waals surface area contributed by atoms with Gasteiger partial charge in [0.25, 0.3) is 5.91 Å². The van der Waals surface area contributed by atoms with Crippen molar-refractivity contribution in [2.45, 2.75) is 32.4 Å². The molecular weight excluding hydrogens is 486 g/mol. The summed E-state index contributed by atoms with van der Waals surface area (Å²) in [5, 5.41) is 10.7. The highest BCUT2D eigenvalue weighted by atomic mass is 79.9. The van der Waals surface area contributed by atoms with Gasteiger partial charge in [-0.1, -0.05) is 22.9 Å². The molecule has 0 saturated carbocycles. The fourth-order valence-corrected chi connectivity index (χ4v) is 5.10. The molecule has 1 amide bonds. The molecule has 5 rings (SSSR count). The number of morpholine rings is 1. The number of hydrazine groups is 1. The molecule has 10 heteroatoms. The zero-order valence-corrected chi connectivity index (χ0v) is 20.5. The van der Waals surface area contributed by atoms with Crippen LogP contribution >= 0.6 is 15.9 Å². The van der Waals surface area contributed by atoms with Gasteiger partial charge in [-0.25, -0.2) is 9.99 Å². The second kappa shape index (κ2) is 9.92. The minimum Gasteiger partial charge on any atom is -0.379 e. The predicted octanol–water partition coefficient (Wildman–Crippen LogP) is 3.01. The molecule has 1 atom stereocenters. The van der Waals surface area contributed by atoms with Gasteiger partial charge in [-0.15, -0.1) is 0 Å². The third-order valence-electron chi connectivity index (χ3n) is 6.29. The molecule has 0 bridgehead atoms. The first-order valence-corrected chi connectivity index (χ1v) is 12.5. The Labute approximate surface area is 202 Å². The fraction of sp³-hybridized carbons (Fsp3) is 0.522. The topological polar surface area (TPSA) is 85.9 Å². The van der Waals surface area contributed by atoms with Crippen LogP contribution in [0.25, 0.3) is 0 Å². The highest BCUT2D eigenvalue weighted by Crippen LogP contribution is 2.43. The first-order valence-electron chi connectivity index (χ1n) is 11.7. The lowest BCUT2D eigenvalue weighted by molar-refractivity contribution is -0.117. The number of fused-ring (bicyclic) bond motifs is 2. The van der Waals surface area contributed by atoms with Crippen LogP contribution in [-0.4, -0.2) is 71.7 Å². The number of carbonyl (C=O) groups excluding carboxylic acids is 1. The average molecular weight is 516 g/mol. The standard InChI is InChI=1S/C23H30BrN7O2/c1-2-7-30-15-16-14-26-23(25-6-3-8-29-9-11-33-12-10-29)28-21(16)31(30)20-18-13-17(24)4-5-19(18)27-22(20)32/h4-5,13-14,20H,2-3,6-12,15H2,1H3,(H,27,32)(H,25,26,28). The number of nitrogens with zero attached hydrogens (tertiary/aromatic N) is 5. The van der Waals surface area contributed by atoms with Gasteiger partial charge in [0, 0.05) is 60.2 Å². The maximum atomic E-state index is 13.1. The van der Waals surface area contributed by atoms with E-state index in [1.807, 2.05) is 24.4 Å². The van der Waals surface area contributed by atoms with Gasteiger partial charge in [0.15, 0.2) is 11.9 Å². The monoisotopic (exact) mass is 515 g/mol. The van der Waals surface area contributed by atoms with Crippen LogP contribution in [0.1, 0.15) is 36.9 Å². The van der Waals surface area contributed by atoms with Crippen LogP contribution in [0, 0.1) is 0 Å². The van der Waals surface area contributed by atoms with Gasteiger partial charge in [0.2, 0.25) is 5.95 Å². The summed E-state index contributed by atoms with van der Waals surface area (Å²) in [7, 11) is 0. The second-order valence-electron chi connectivity index (χ2n) is 8.63. The lowest BCUT2D eigenvalue weighted by atomic mass is 10.1. The van der Waals surface area contributed by atoms with Gasteiger partial charge in [-0.2, -0.15) is 4.98 Å². The predicted molar refractivity (Wildman–Crippen MR) is 131 cm³/mol. The van der Waals surface area contributed by atoms with Crippen molar-refractivity contribution in [3.8, 4) is 0 Å². The van der Waals surface area contributed by atoms with E-state index >= 15 is 0 Å². The Kier molecular flexibility index (Phi) is 6.77. The minimum absolute atomic E-state index is 0.0318. The van der Waals surface area contributed by atoms with E-state index in [1.165, 1.54) is 0 Å². The summed E-state index contributed by atoms with van der Waals surface area (Å²) in [6, 6.07) is 5.46. The third kappa shape index (κ3) is 4.70. The molecule has 3 aliphatic heterocycles. The molecule has 4 heterocycles. The lowest BCUT2D eigenvalue weighted by Crippen LogP contribution is -2.43. The largest absolute Gasteiger partial charge is 0.379 e. The lowest BCUT2D eigenvalue weighted by Gasteiger charge is -2.33. The maximum Gasteiger partial charge on any atom is 0.253 e. The van der Waals surface area contributed by atoms with Crippen LogP contribution in [0.2, 0.25) is 0 Å². The zero-order valence-electron chi connectivity index (χ0n) is 18.9. The Hall–Kier alpha value is -2.27. The van der Waals surface area contributed by atoms with E-state index in [1.54, 1.807) is 0 Å². The van der Waals surface area contributed by atoms with E-state index in [0.29, 0.717) is 12.5 Å². The van der Waals surface area contributed by atoms with Crippen LogP contribution < -0.4 is 15.6 Å². The van der Waals surface area contributed by atoms with E-state index < -0.39 is 6.04 Å². The summed E-state index contributed by atoms with van der Waals surface area (Å²) in [6.07, 6.45) is 3.88. The molecule has 0 spiro atoms. The molecule has 176 valence electrons. The van der Waals surface area contributed by atoms with Crippen LogP contribution in [0.3, 0.4) is 0 Å². The quantitative estimate of drug-likeness (QED) is 0.519. The number of carbonyl (C=O) groups is 1. The van der Waals surface area contributed by atoms with E-state index in [0.717, 1.165) is 85.9 Å². The first-order chi connectivity index (χ1) is 16.1. The number of aromatic nitrogens is 2. The molecular formula is C23H30BrN7O2. The molecule has 3 aliphatic rings. The van der Waals surface area contributed by atoms with E-state index in [2.05, 4.69) is 53.4 Å². The molecule has 1 saturated heterocycles. The normalized spacial score (nSPS) is 20.6. The number of ether oxygens (including phenoxy) is 1. The van der Waals surface area contributed by atoms with Crippen molar-refractivity contribution in [2.24, 2.45) is 0 Å². The summed E-state index contributed by atoms with van der Waals surface area (Å²) < 4.78 is 6.37. The first kappa shape index (κ1) is 22.5. The van der Waals surface area contributed by atoms with Crippen molar-refractivity contribution in [1.82, 2.24) is 19.9 Å². The van der Waals surface area contributed by atoms with Gasteiger partial charge in [0.1, 0.15) is 0 Å². The van der Waals surface area contributed by atoms with Crippen LogP contribution in [0.4, 0.5) is 17.5 Å². The molecule has 1 aromatic heterocycles. The Bertz CT molecular complexity index is 1010. The molecule has 9 nitrogen and oxygen atoms in total. The highest BCUT2D eigenvalue weighted by Gasteiger charge is 2.43. The minimum atomic E-state index is -0.450. The Morgan fingerprint density at radius 1 is 1.27 bits per heavy atom. The number of halogens is 1. The fourth-order valence-electron chi connectivity index (χ4n) is 4.72. The van der Waals surface area contributed by atoms with Crippen molar-refractivity contribution in [3.63, 3.8) is 0 Å². The van der Waals surface area contributed by atoms with Gasteiger partial charge in [-0.3, -0.25) is 14.7 Å². The molecule has 2 aromatic rings. The SMILES string of the molecule is CCCN1Cc2cnc(NCCCN3CCOCC3)nc2N1C1C(=O)Nc2ccc(Br)cc21. The summed E-state index contributed by atoms with van der Waals surface area (Å²) >= 11 is 3.56. The molecule has 1 unspecified atom stereocenters. The number of hydrogen-bond acceptors (Lipinski definition) is 8. The molecule has 0 aliphatic carbocycles. The number of benzene rings is 1. The molecule has 33 heavy (non-hydrogen) atoms. The average Bonchev–Trinajstić information content (AvgIpc) is 3.32. The zero-order chi connectivity index (χ0) is 22.8. The number of amides is 1. The summed E-state index contributed by atoms with van der Waals surface area (Å²) in [5.41, 5.74) is 2.86.